The monoisotopic (exact) mass is 444 g/mol. The SMILES string of the molecule is CCN(C(=O)[C@H]1CCN(C(=O)c2ccc(OC)cc2)c2ccccc21)c1ccc(OC)cc1. The summed E-state index contributed by atoms with van der Waals surface area (Å²) >= 11 is 0. The first-order chi connectivity index (χ1) is 16.1. The molecule has 6 heteroatoms. The number of carbonyl (C=O) groups excluding carboxylic acids is 2. The van der Waals surface area contributed by atoms with Crippen LogP contribution in [0.4, 0.5) is 11.4 Å². The van der Waals surface area contributed by atoms with Crippen LogP contribution in [0.5, 0.6) is 11.5 Å². The summed E-state index contributed by atoms with van der Waals surface area (Å²) in [5.74, 6) is 1.08. The Morgan fingerprint density at radius 2 is 1.52 bits per heavy atom. The number of nitrogens with zero attached hydrogens (tertiary/aromatic N) is 2. The Hall–Kier alpha value is -3.80. The molecule has 0 bridgehead atoms. The van der Waals surface area contributed by atoms with Gasteiger partial charge >= 0.3 is 0 Å². The third kappa shape index (κ3) is 4.42. The summed E-state index contributed by atoms with van der Waals surface area (Å²) in [6.45, 7) is 2.99. The smallest absolute Gasteiger partial charge is 0.258 e. The third-order valence-corrected chi connectivity index (χ3v) is 6.09. The Morgan fingerprint density at radius 1 is 0.909 bits per heavy atom. The molecule has 1 atom stereocenters. The van der Waals surface area contributed by atoms with Crippen molar-refractivity contribution < 1.29 is 19.1 Å². The quantitative estimate of drug-likeness (QED) is 0.543. The fraction of sp³-hybridized carbons (Fsp3) is 0.259. The molecule has 0 aliphatic carbocycles. The number of hydrogen-bond donors (Lipinski definition) is 0. The van der Waals surface area contributed by atoms with Crippen LogP contribution in [0.1, 0.15) is 35.2 Å². The zero-order valence-corrected chi connectivity index (χ0v) is 19.2. The van der Waals surface area contributed by atoms with Crippen molar-refractivity contribution in [2.45, 2.75) is 19.3 Å². The number of likely N-dealkylation sites (N-methyl/N-ethyl adjacent to an activating group) is 1. The maximum atomic E-state index is 13.6. The second kappa shape index (κ2) is 9.77. The van der Waals surface area contributed by atoms with Gasteiger partial charge in [0.05, 0.1) is 20.1 Å². The summed E-state index contributed by atoms with van der Waals surface area (Å²) in [6.07, 6.45) is 0.560. The average Bonchev–Trinajstić information content (AvgIpc) is 2.88. The second-order valence-electron chi connectivity index (χ2n) is 7.87. The van der Waals surface area contributed by atoms with Crippen molar-refractivity contribution in [1.82, 2.24) is 0 Å². The van der Waals surface area contributed by atoms with E-state index in [-0.39, 0.29) is 17.7 Å². The molecule has 2 amide bonds. The molecule has 1 aliphatic rings. The number of benzene rings is 3. The van der Waals surface area contributed by atoms with Crippen LogP contribution in [0, 0.1) is 0 Å². The molecule has 0 aromatic heterocycles. The van der Waals surface area contributed by atoms with Crippen LogP contribution in [0.2, 0.25) is 0 Å². The number of anilines is 2. The highest BCUT2D eigenvalue weighted by Crippen LogP contribution is 2.38. The molecule has 0 unspecified atom stereocenters. The Bertz CT molecular complexity index is 1130. The summed E-state index contributed by atoms with van der Waals surface area (Å²) in [5.41, 5.74) is 3.08. The Morgan fingerprint density at radius 3 is 2.12 bits per heavy atom. The molecule has 3 aromatic carbocycles. The van der Waals surface area contributed by atoms with E-state index in [1.54, 1.807) is 48.3 Å². The van der Waals surface area contributed by atoms with Crippen molar-refractivity contribution in [2.24, 2.45) is 0 Å². The first-order valence-corrected chi connectivity index (χ1v) is 11.1. The molecular weight excluding hydrogens is 416 g/mol. The van der Waals surface area contributed by atoms with Crippen molar-refractivity contribution in [1.29, 1.82) is 0 Å². The normalized spacial score (nSPS) is 14.9. The van der Waals surface area contributed by atoms with Crippen molar-refractivity contribution in [3.8, 4) is 11.5 Å². The molecule has 33 heavy (non-hydrogen) atoms. The molecule has 3 aromatic rings. The Balaban J connectivity index is 1.62. The summed E-state index contributed by atoms with van der Waals surface area (Å²) in [7, 11) is 3.22. The Kier molecular flexibility index (Phi) is 6.63. The highest BCUT2D eigenvalue weighted by molar-refractivity contribution is 6.08. The van der Waals surface area contributed by atoms with Crippen LogP contribution in [0.15, 0.2) is 72.8 Å². The first-order valence-electron chi connectivity index (χ1n) is 11.1. The molecule has 170 valence electrons. The highest BCUT2D eigenvalue weighted by atomic mass is 16.5. The van der Waals surface area contributed by atoms with Gasteiger partial charge in [-0.05, 0) is 73.5 Å². The lowest BCUT2D eigenvalue weighted by atomic mass is 9.88. The molecule has 1 heterocycles. The lowest BCUT2D eigenvalue weighted by molar-refractivity contribution is -0.120. The van der Waals surface area contributed by atoms with Gasteiger partial charge in [-0.15, -0.1) is 0 Å². The van der Waals surface area contributed by atoms with Crippen molar-refractivity contribution >= 4 is 23.2 Å². The van der Waals surface area contributed by atoms with E-state index in [1.807, 2.05) is 55.5 Å². The van der Waals surface area contributed by atoms with Crippen LogP contribution in [-0.2, 0) is 4.79 Å². The Labute approximate surface area is 194 Å². The number of methoxy groups -OCH3 is 2. The van der Waals surface area contributed by atoms with E-state index in [2.05, 4.69) is 0 Å². The molecule has 1 aliphatic heterocycles. The third-order valence-electron chi connectivity index (χ3n) is 6.09. The van der Waals surface area contributed by atoms with Gasteiger partial charge in [-0.2, -0.15) is 0 Å². The maximum Gasteiger partial charge on any atom is 0.258 e. The standard InChI is InChI=1S/C27H28N2O4/c1-4-28(20-11-15-22(33-3)16-12-20)27(31)24-17-18-29(25-8-6-5-7-23(24)25)26(30)19-9-13-21(32-2)14-10-19/h5-16,24H,4,17-18H2,1-3H3/t24-/m0/s1. The van der Waals surface area contributed by atoms with Gasteiger partial charge in [0.2, 0.25) is 5.91 Å². The van der Waals surface area contributed by atoms with E-state index in [0.29, 0.717) is 30.8 Å². The zero-order chi connectivity index (χ0) is 23.4. The molecule has 4 rings (SSSR count). The van der Waals surface area contributed by atoms with Crippen molar-refractivity contribution in [3.63, 3.8) is 0 Å². The summed E-state index contributed by atoms with van der Waals surface area (Å²) in [4.78, 5) is 30.5. The van der Waals surface area contributed by atoms with E-state index < -0.39 is 0 Å². The fourth-order valence-electron chi connectivity index (χ4n) is 4.33. The number of rotatable bonds is 6. The van der Waals surface area contributed by atoms with E-state index in [4.69, 9.17) is 9.47 Å². The first kappa shape index (κ1) is 22.4. The largest absolute Gasteiger partial charge is 0.497 e. The minimum Gasteiger partial charge on any atom is -0.497 e. The number of para-hydroxylation sites is 1. The topological polar surface area (TPSA) is 59.1 Å². The maximum absolute atomic E-state index is 13.6. The molecule has 0 saturated carbocycles. The zero-order valence-electron chi connectivity index (χ0n) is 19.2. The molecule has 0 radical (unpaired) electrons. The van der Waals surface area contributed by atoms with Crippen LogP contribution >= 0.6 is 0 Å². The van der Waals surface area contributed by atoms with Crippen LogP contribution in [0.3, 0.4) is 0 Å². The number of hydrogen-bond acceptors (Lipinski definition) is 4. The predicted molar refractivity (Wildman–Crippen MR) is 129 cm³/mol. The number of carbonyl (C=O) groups is 2. The fourth-order valence-corrected chi connectivity index (χ4v) is 4.33. The summed E-state index contributed by atoms with van der Waals surface area (Å²) < 4.78 is 10.4. The molecule has 6 nitrogen and oxygen atoms in total. The van der Waals surface area contributed by atoms with Gasteiger partial charge in [-0.25, -0.2) is 0 Å². The van der Waals surface area contributed by atoms with E-state index in [0.717, 1.165) is 22.7 Å². The minimum atomic E-state index is -0.317. The van der Waals surface area contributed by atoms with Gasteiger partial charge in [0.1, 0.15) is 11.5 Å². The number of ether oxygens (including phenoxy) is 2. The lowest BCUT2D eigenvalue weighted by Crippen LogP contribution is -2.42. The highest BCUT2D eigenvalue weighted by Gasteiger charge is 2.35. The lowest BCUT2D eigenvalue weighted by Gasteiger charge is -2.36. The molecule has 0 spiro atoms. The number of amides is 2. The van der Waals surface area contributed by atoms with Crippen molar-refractivity contribution in [2.75, 3.05) is 37.1 Å². The molecule has 0 N–H and O–H groups in total. The average molecular weight is 445 g/mol. The van der Waals surface area contributed by atoms with Gasteiger partial charge in [0.15, 0.2) is 0 Å². The van der Waals surface area contributed by atoms with Crippen LogP contribution in [-0.4, -0.2) is 39.1 Å². The van der Waals surface area contributed by atoms with E-state index in [9.17, 15) is 9.59 Å². The van der Waals surface area contributed by atoms with Gasteiger partial charge in [0, 0.05) is 30.0 Å². The molecule has 0 fully saturated rings. The van der Waals surface area contributed by atoms with Crippen LogP contribution < -0.4 is 19.3 Å². The van der Waals surface area contributed by atoms with Crippen LogP contribution in [0.25, 0.3) is 0 Å². The van der Waals surface area contributed by atoms with Gasteiger partial charge in [0.25, 0.3) is 5.91 Å². The number of fused-ring (bicyclic) bond motifs is 1. The molecule has 0 saturated heterocycles. The van der Waals surface area contributed by atoms with Gasteiger partial charge < -0.3 is 19.3 Å². The predicted octanol–water partition coefficient (Wildman–Crippen LogP) is 4.89. The van der Waals surface area contributed by atoms with Gasteiger partial charge in [-0.1, -0.05) is 18.2 Å². The molecular formula is C27H28N2O4. The minimum absolute atomic E-state index is 0.0339. The van der Waals surface area contributed by atoms with E-state index >= 15 is 0 Å². The van der Waals surface area contributed by atoms with E-state index in [1.165, 1.54) is 0 Å². The van der Waals surface area contributed by atoms with Gasteiger partial charge in [-0.3, -0.25) is 9.59 Å². The van der Waals surface area contributed by atoms with Crippen molar-refractivity contribution in [3.05, 3.63) is 83.9 Å². The second-order valence-corrected chi connectivity index (χ2v) is 7.87. The summed E-state index contributed by atoms with van der Waals surface area (Å²) in [5, 5.41) is 0. The summed E-state index contributed by atoms with van der Waals surface area (Å²) in [6, 6.07) is 22.3.